The molecule has 0 spiro atoms. The van der Waals surface area contributed by atoms with Crippen LogP contribution in [0.2, 0.25) is 5.02 Å². The van der Waals surface area contributed by atoms with Crippen LogP contribution in [0, 0.1) is 13.8 Å². The van der Waals surface area contributed by atoms with Gasteiger partial charge < -0.3 is 24.3 Å². The second kappa shape index (κ2) is 11.7. The fraction of sp³-hybridized carbons (Fsp3) is 0.267. The Bertz CT molecular complexity index is 1560. The first-order valence-electron chi connectivity index (χ1n) is 12.9. The number of aryl methyl sites for hydroxylation is 1. The van der Waals surface area contributed by atoms with Crippen LogP contribution in [0.4, 0.5) is 18.9 Å². The molecule has 0 amide bonds. The number of nitrogens with one attached hydrogen (secondary N) is 1. The minimum atomic E-state index is -4.45. The number of pyridine rings is 1. The van der Waals surface area contributed by atoms with Gasteiger partial charge in [0, 0.05) is 36.1 Å². The maximum absolute atomic E-state index is 13.5. The van der Waals surface area contributed by atoms with E-state index in [1.165, 1.54) is 6.07 Å². The Labute approximate surface area is 246 Å². The molecule has 1 saturated heterocycles. The molecule has 1 aliphatic heterocycles. The van der Waals surface area contributed by atoms with E-state index in [0.717, 1.165) is 40.5 Å². The number of rotatable bonds is 8. The number of benzene rings is 2. The van der Waals surface area contributed by atoms with Crippen molar-refractivity contribution in [2.24, 2.45) is 0 Å². The third-order valence-corrected chi connectivity index (χ3v) is 7.67. The monoisotopic (exact) mass is 600 g/mol. The van der Waals surface area contributed by atoms with Gasteiger partial charge >= 0.3 is 6.18 Å². The number of methoxy groups -OCH3 is 1. The zero-order chi connectivity index (χ0) is 29.3. The van der Waals surface area contributed by atoms with Gasteiger partial charge in [-0.25, -0.2) is 0 Å². The summed E-state index contributed by atoms with van der Waals surface area (Å²) in [6.07, 6.45) is -2.73. The van der Waals surface area contributed by atoms with Crippen molar-refractivity contribution >= 4 is 34.6 Å². The van der Waals surface area contributed by atoms with E-state index >= 15 is 0 Å². The predicted molar refractivity (Wildman–Crippen MR) is 157 cm³/mol. The largest absolute Gasteiger partial charge is 0.490 e. The standard InChI is InChI=1S/C30H28ClF3N4O2S/c1-18-15-23(19(2)37(18)21-8-6-7-20(16-21)30(32,33)34)28-27(25-9-4-5-12-35-25)36-29(41)38(28)22-10-11-26(24(31)17-22)40-14-13-39-3/h4-12,15-17,27-28H,13-14H2,1-3H3,(H,36,41)/t27-,28-/m1/s1. The Morgan fingerprint density at radius 2 is 1.80 bits per heavy atom. The molecule has 214 valence electrons. The quantitative estimate of drug-likeness (QED) is 0.168. The lowest BCUT2D eigenvalue weighted by atomic mass is 9.96. The summed E-state index contributed by atoms with van der Waals surface area (Å²) in [4.78, 5) is 6.56. The van der Waals surface area contributed by atoms with Gasteiger partial charge in [0.25, 0.3) is 0 Å². The maximum atomic E-state index is 13.5. The highest BCUT2D eigenvalue weighted by Crippen LogP contribution is 2.45. The number of anilines is 1. The van der Waals surface area contributed by atoms with Crippen LogP contribution in [0.15, 0.2) is 72.9 Å². The highest BCUT2D eigenvalue weighted by molar-refractivity contribution is 7.80. The van der Waals surface area contributed by atoms with Crippen molar-refractivity contribution in [1.82, 2.24) is 14.9 Å². The minimum Gasteiger partial charge on any atom is -0.490 e. The highest BCUT2D eigenvalue weighted by atomic mass is 35.5. The average Bonchev–Trinajstić information content (AvgIpc) is 3.44. The van der Waals surface area contributed by atoms with E-state index in [0.29, 0.717) is 34.8 Å². The number of nitrogens with zero attached hydrogens (tertiary/aromatic N) is 3. The molecule has 2 aromatic carbocycles. The van der Waals surface area contributed by atoms with Gasteiger partial charge in [-0.1, -0.05) is 23.7 Å². The molecule has 2 atom stereocenters. The van der Waals surface area contributed by atoms with Crippen molar-refractivity contribution in [2.45, 2.75) is 32.1 Å². The summed E-state index contributed by atoms with van der Waals surface area (Å²) in [7, 11) is 1.59. The molecule has 1 N–H and O–H groups in total. The van der Waals surface area contributed by atoms with Crippen molar-refractivity contribution in [2.75, 3.05) is 25.2 Å². The van der Waals surface area contributed by atoms with Crippen LogP contribution in [0.1, 0.15) is 40.3 Å². The molecule has 1 fully saturated rings. The topological polar surface area (TPSA) is 51.6 Å². The van der Waals surface area contributed by atoms with Crippen LogP contribution >= 0.6 is 23.8 Å². The van der Waals surface area contributed by atoms with Crippen molar-refractivity contribution < 1.29 is 22.6 Å². The molecule has 4 aromatic rings. The van der Waals surface area contributed by atoms with E-state index in [2.05, 4.69) is 10.3 Å². The summed E-state index contributed by atoms with van der Waals surface area (Å²) in [5, 5.41) is 4.30. The van der Waals surface area contributed by atoms with Crippen molar-refractivity contribution in [3.8, 4) is 11.4 Å². The van der Waals surface area contributed by atoms with Gasteiger partial charge in [-0.05, 0) is 86.2 Å². The van der Waals surface area contributed by atoms with E-state index in [9.17, 15) is 13.2 Å². The van der Waals surface area contributed by atoms with E-state index in [1.54, 1.807) is 31.5 Å². The molecule has 11 heteroatoms. The number of hydrogen-bond acceptors (Lipinski definition) is 4. The molecular formula is C30H28ClF3N4O2S. The Morgan fingerprint density at radius 3 is 2.49 bits per heavy atom. The first-order chi connectivity index (χ1) is 19.6. The van der Waals surface area contributed by atoms with E-state index < -0.39 is 11.7 Å². The van der Waals surface area contributed by atoms with Gasteiger partial charge in [0.2, 0.25) is 0 Å². The smallest absolute Gasteiger partial charge is 0.416 e. The SMILES string of the molecule is COCCOc1ccc(N2C(=S)N[C@H](c3ccccn3)[C@H]2c2cc(C)n(-c3cccc(C(F)(F)F)c3)c2C)cc1Cl. The molecule has 0 aliphatic carbocycles. The molecule has 2 aromatic heterocycles. The summed E-state index contributed by atoms with van der Waals surface area (Å²) in [5.74, 6) is 0.520. The van der Waals surface area contributed by atoms with E-state index in [4.69, 9.17) is 33.3 Å². The fourth-order valence-electron chi connectivity index (χ4n) is 5.25. The van der Waals surface area contributed by atoms with Crippen LogP contribution in [0.3, 0.4) is 0 Å². The molecule has 0 saturated carbocycles. The lowest BCUT2D eigenvalue weighted by Crippen LogP contribution is -2.29. The van der Waals surface area contributed by atoms with Gasteiger partial charge in [0.05, 0.1) is 35.0 Å². The Hall–Kier alpha value is -3.60. The number of halogens is 4. The molecule has 41 heavy (non-hydrogen) atoms. The third-order valence-electron chi connectivity index (χ3n) is 7.06. The van der Waals surface area contributed by atoms with Gasteiger partial charge in [-0.2, -0.15) is 13.2 Å². The summed E-state index contributed by atoms with van der Waals surface area (Å²) >= 11 is 12.4. The molecule has 5 rings (SSSR count). The highest BCUT2D eigenvalue weighted by Gasteiger charge is 2.42. The summed E-state index contributed by atoms with van der Waals surface area (Å²) in [6.45, 7) is 4.55. The molecule has 0 bridgehead atoms. The number of thiocarbonyl (C=S) groups is 1. The number of hydrogen-bond donors (Lipinski definition) is 1. The van der Waals surface area contributed by atoms with Gasteiger partial charge in [0.1, 0.15) is 12.4 Å². The zero-order valence-electron chi connectivity index (χ0n) is 22.6. The molecule has 0 unspecified atom stereocenters. The fourth-order valence-corrected chi connectivity index (χ4v) is 5.82. The van der Waals surface area contributed by atoms with Crippen LogP contribution in [-0.2, 0) is 10.9 Å². The van der Waals surface area contributed by atoms with Gasteiger partial charge in [-0.15, -0.1) is 0 Å². The van der Waals surface area contributed by atoms with E-state index in [1.807, 2.05) is 53.6 Å². The van der Waals surface area contributed by atoms with Crippen LogP contribution < -0.4 is 15.0 Å². The molecular weight excluding hydrogens is 573 g/mol. The number of ether oxygens (including phenoxy) is 2. The second-order valence-electron chi connectivity index (χ2n) is 9.66. The molecule has 0 radical (unpaired) electrons. The third kappa shape index (κ3) is 5.77. The van der Waals surface area contributed by atoms with Crippen molar-refractivity contribution in [3.05, 3.63) is 106 Å². The van der Waals surface area contributed by atoms with Crippen molar-refractivity contribution in [1.29, 1.82) is 0 Å². The lowest BCUT2D eigenvalue weighted by Gasteiger charge is -2.28. The van der Waals surface area contributed by atoms with Gasteiger partial charge in [0.15, 0.2) is 5.11 Å². The first-order valence-corrected chi connectivity index (χ1v) is 13.7. The Balaban J connectivity index is 1.61. The van der Waals surface area contributed by atoms with Crippen molar-refractivity contribution in [3.63, 3.8) is 0 Å². The molecule has 1 aliphatic rings. The normalized spacial score (nSPS) is 17.1. The second-order valence-corrected chi connectivity index (χ2v) is 10.5. The molecule has 6 nitrogen and oxygen atoms in total. The minimum absolute atomic E-state index is 0.337. The predicted octanol–water partition coefficient (Wildman–Crippen LogP) is 7.36. The Morgan fingerprint density at radius 1 is 1.00 bits per heavy atom. The number of aromatic nitrogens is 2. The lowest BCUT2D eigenvalue weighted by molar-refractivity contribution is -0.137. The number of alkyl halides is 3. The first kappa shape index (κ1) is 28.9. The van der Waals surface area contributed by atoms with Crippen LogP contribution in [-0.4, -0.2) is 35.0 Å². The maximum Gasteiger partial charge on any atom is 0.416 e. The molecule has 3 heterocycles. The Kier molecular flexibility index (Phi) is 8.26. The summed E-state index contributed by atoms with van der Waals surface area (Å²) < 4.78 is 53.2. The van der Waals surface area contributed by atoms with E-state index in [-0.39, 0.29) is 12.1 Å². The van der Waals surface area contributed by atoms with Gasteiger partial charge in [-0.3, -0.25) is 4.98 Å². The van der Waals surface area contributed by atoms with Crippen LogP contribution in [0.25, 0.3) is 5.69 Å². The van der Waals surface area contributed by atoms with Crippen LogP contribution in [0.5, 0.6) is 5.75 Å². The summed E-state index contributed by atoms with van der Waals surface area (Å²) in [5.41, 5.74) is 3.69. The summed E-state index contributed by atoms with van der Waals surface area (Å²) in [6, 6.07) is 17.7. The average molecular weight is 601 g/mol. The zero-order valence-corrected chi connectivity index (χ0v) is 24.1.